The molecule has 0 N–H and O–H groups in total. The van der Waals surface area contributed by atoms with Gasteiger partial charge < -0.3 is 14.2 Å². The smallest absolute Gasteiger partial charge is 0.419 e. The summed E-state index contributed by atoms with van der Waals surface area (Å²) in [6, 6.07) is 7.21. The number of alkyl halides is 3. The van der Waals surface area contributed by atoms with E-state index in [1.54, 1.807) is 24.7 Å². The van der Waals surface area contributed by atoms with Gasteiger partial charge in [-0.1, -0.05) is 0 Å². The van der Waals surface area contributed by atoms with Gasteiger partial charge in [0.2, 0.25) is 5.91 Å². The van der Waals surface area contributed by atoms with Crippen LogP contribution in [0.3, 0.4) is 0 Å². The molecule has 2 heterocycles. The zero-order valence-electron chi connectivity index (χ0n) is 19.8. The number of aromatic nitrogens is 3. The zero-order chi connectivity index (χ0) is 25.5. The summed E-state index contributed by atoms with van der Waals surface area (Å²) in [6.07, 6.45) is -1.64. The first-order chi connectivity index (χ1) is 16.5. The SMILES string of the molecule is CN(CCOc1ccc(-c2cc3c(ncn3C)c(C#N)n2)cc1C(F)(F)F)C(=O)C1(N(C)C)CC1. The van der Waals surface area contributed by atoms with Crippen LogP contribution in [-0.2, 0) is 18.0 Å². The standard InChI is InChI=1S/C24H25F3N6O2/c1-31(2)23(7-8-23)22(34)32(3)9-10-35-20-6-5-15(11-16(20)24(25,26)27)17-12-19-21(18(13-28)30-17)29-14-33(19)4/h5-6,11-12,14H,7-10H2,1-4H3. The molecule has 0 radical (unpaired) electrons. The van der Waals surface area contributed by atoms with Crippen molar-refractivity contribution >= 4 is 16.9 Å². The molecule has 3 aromatic rings. The summed E-state index contributed by atoms with van der Waals surface area (Å²) in [5.41, 5.74) is -0.0588. The highest BCUT2D eigenvalue weighted by Crippen LogP contribution is 2.42. The fourth-order valence-corrected chi connectivity index (χ4v) is 4.11. The van der Waals surface area contributed by atoms with Crippen LogP contribution in [0, 0.1) is 11.3 Å². The lowest BCUT2D eigenvalue weighted by molar-refractivity contribution is -0.140. The molecule has 2 aromatic heterocycles. The molecule has 0 saturated heterocycles. The van der Waals surface area contributed by atoms with Crippen molar-refractivity contribution in [1.29, 1.82) is 5.26 Å². The number of nitrogens with zero attached hydrogens (tertiary/aromatic N) is 6. The predicted molar refractivity (Wildman–Crippen MR) is 122 cm³/mol. The van der Waals surface area contributed by atoms with Gasteiger partial charge in [-0.15, -0.1) is 0 Å². The molecule has 1 aromatic carbocycles. The molecular formula is C24H25F3N6O2. The van der Waals surface area contributed by atoms with Crippen LogP contribution in [0.1, 0.15) is 24.1 Å². The van der Waals surface area contributed by atoms with Crippen LogP contribution >= 0.6 is 0 Å². The third-order valence-corrected chi connectivity index (χ3v) is 6.41. The lowest BCUT2D eigenvalue weighted by Gasteiger charge is -2.28. The van der Waals surface area contributed by atoms with Crippen LogP contribution in [0.4, 0.5) is 13.2 Å². The summed E-state index contributed by atoms with van der Waals surface area (Å²) in [4.78, 5) is 24.4. The number of aryl methyl sites for hydroxylation is 1. The summed E-state index contributed by atoms with van der Waals surface area (Å²) >= 11 is 0. The highest BCUT2D eigenvalue weighted by atomic mass is 19.4. The van der Waals surface area contributed by atoms with Gasteiger partial charge in [-0.25, -0.2) is 9.97 Å². The lowest BCUT2D eigenvalue weighted by Crippen LogP contribution is -2.47. The minimum atomic E-state index is -4.68. The number of pyridine rings is 1. The van der Waals surface area contributed by atoms with Crippen molar-refractivity contribution in [3.63, 3.8) is 0 Å². The molecule has 184 valence electrons. The Morgan fingerprint density at radius 3 is 2.57 bits per heavy atom. The van der Waals surface area contributed by atoms with Crippen LogP contribution in [0.25, 0.3) is 22.3 Å². The highest BCUT2D eigenvalue weighted by Gasteiger charge is 2.53. The summed E-state index contributed by atoms with van der Waals surface area (Å²) in [5, 5.41) is 9.42. The topological polar surface area (TPSA) is 87.3 Å². The van der Waals surface area contributed by atoms with Gasteiger partial charge in [-0.05, 0) is 51.2 Å². The number of hydrogen-bond acceptors (Lipinski definition) is 6. The quantitative estimate of drug-likeness (QED) is 0.509. The average Bonchev–Trinajstić information content (AvgIpc) is 3.55. The number of carbonyl (C=O) groups is 1. The number of likely N-dealkylation sites (N-methyl/N-ethyl adjacent to an activating group) is 2. The summed E-state index contributed by atoms with van der Waals surface area (Å²) in [6.45, 7) is 0.0592. The Bertz CT molecular complexity index is 1320. The van der Waals surface area contributed by atoms with Crippen molar-refractivity contribution in [2.75, 3.05) is 34.3 Å². The zero-order valence-corrected chi connectivity index (χ0v) is 19.8. The Hall–Kier alpha value is -3.65. The van der Waals surface area contributed by atoms with Gasteiger partial charge in [0.15, 0.2) is 5.69 Å². The molecule has 0 atom stereocenters. The molecule has 1 fully saturated rings. The van der Waals surface area contributed by atoms with E-state index in [-0.39, 0.29) is 41.8 Å². The number of imidazole rings is 1. The molecule has 1 amide bonds. The molecule has 0 bridgehead atoms. The number of benzene rings is 1. The molecule has 1 saturated carbocycles. The minimum absolute atomic E-state index is 0.0332. The molecule has 4 rings (SSSR count). The van der Waals surface area contributed by atoms with E-state index in [4.69, 9.17) is 4.74 Å². The second-order valence-electron chi connectivity index (χ2n) is 8.90. The van der Waals surface area contributed by atoms with Crippen LogP contribution in [0.5, 0.6) is 5.75 Å². The van der Waals surface area contributed by atoms with E-state index in [2.05, 4.69) is 9.97 Å². The van der Waals surface area contributed by atoms with Gasteiger partial charge in [0.1, 0.15) is 29.5 Å². The van der Waals surface area contributed by atoms with E-state index in [1.165, 1.54) is 23.4 Å². The Morgan fingerprint density at radius 2 is 1.97 bits per heavy atom. The van der Waals surface area contributed by atoms with Crippen molar-refractivity contribution in [1.82, 2.24) is 24.3 Å². The Labute approximate surface area is 200 Å². The Morgan fingerprint density at radius 1 is 1.26 bits per heavy atom. The van der Waals surface area contributed by atoms with Crippen molar-refractivity contribution in [2.24, 2.45) is 7.05 Å². The van der Waals surface area contributed by atoms with Gasteiger partial charge in [-0.3, -0.25) is 9.69 Å². The largest absolute Gasteiger partial charge is 0.491 e. The maximum Gasteiger partial charge on any atom is 0.419 e. The normalized spacial score (nSPS) is 14.7. The van der Waals surface area contributed by atoms with E-state index >= 15 is 0 Å². The van der Waals surface area contributed by atoms with Crippen LogP contribution < -0.4 is 4.74 Å². The second kappa shape index (κ2) is 8.85. The molecule has 8 nitrogen and oxygen atoms in total. The maximum absolute atomic E-state index is 13.9. The highest BCUT2D eigenvalue weighted by molar-refractivity contribution is 5.89. The molecule has 1 aliphatic rings. The third kappa shape index (κ3) is 4.53. The molecule has 11 heteroatoms. The predicted octanol–water partition coefficient (Wildman–Crippen LogP) is 3.46. The molecule has 1 aliphatic carbocycles. The number of halogens is 3. The van der Waals surface area contributed by atoms with Gasteiger partial charge in [0.25, 0.3) is 0 Å². The molecule has 0 aliphatic heterocycles. The average molecular weight is 486 g/mol. The van der Waals surface area contributed by atoms with Crippen molar-refractivity contribution in [3.05, 3.63) is 41.9 Å². The first-order valence-electron chi connectivity index (χ1n) is 11.0. The number of hydrogen-bond donors (Lipinski definition) is 0. The number of fused-ring (bicyclic) bond motifs is 1. The fourth-order valence-electron chi connectivity index (χ4n) is 4.11. The van der Waals surface area contributed by atoms with E-state index in [1.807, 2.05) is 25.1 Å². The Kier molecular flexibility index (Phi) is 6.19. The number of nitriles is 1. The van der Waals surface area contributed by atoms with Crippen molar-refractivity contribution < 1.29 is 22.7 Å². The van der Waals surface area contributed by atoms with E-state index < -0.39 is 17.3 Å². The monoisotopic (exact) mass is 486 g/mol. The molecule has 35 heavy (non-hydrogen) atoms. The number of amides is 1. The van der Waals surface area contributed by atoms with E-state index in [9.17, 15) is 23.2 Å². The first kappa shape index (κ1) is 24.5. The molecular weight excluding hydrogens is 461 g/mol. The van der Waals surface area contributed by atoms with Gasteiger partial charge in [0.05, 0.1) is 29.6 Å². The van der Waals surface area contributed by atoms with Crippen LogP contribution in [-0.4, -0.2) is 70.1 Å². The number of ether oxygens (including phenoxy) is 1. The second-order valence-corrected chi connectivity index (χ2v) is 8.90. The van der Waals surface area contributed by atoms with Gasteiger partial charge in [-0.2, -0.15) is 18.4 Å². The number of rotatable bonds is 7. The summed E-state index contributed by atoms with van der Waals surface area (Å²) in [5.74, 6) is -0.402. The van der Waals surface area contributed by atoms with E-state index in [0.717, 1.165) is 18.9 Å². The van der Waals surface area contributed by atoms with Crippen molar-refractivity contribution in [3.8, 4) is 23.1 Å². The lowest BCUT2D eigenvalue weighted by atomic mass is 10.1. The maximum atomic E-state index is 13.9. The van der Waals surface area contributed by atoms with Crippen LogP contribution in [0.2, 0.25) is 0 Å². The molecule has 0 unspecified atom stereocenters. The Balaban J connectivity index is 1.57. The van der Waals surface area contributed by atoms with Gasteiger partial charge >= 0.3 is 6.18 Å². The third-order valence-electron chi connectivity index (χ3n) is 6.41. The summed E-state index contributed by atoms with van der Waals surface area (Å²) in [7, 11) is 7.03. The van der Waals surface area contributed by atoms with Crippen LogP contribution in [0.15, 0.2) is 30.6 Å². The summed E-state index contributed by atoms with van der Waals surface area (Å²) < 4.78 is 48.8. The molecule has 0 spiro atoms. The minimum Gasteiger partial charge on any atom is -0.491 e. The van der Waals surface area contributed by atoms with E-state index in [0.29, 0.717) is 11.0 Å². The van der Waals surface area contributed by atoms with Crippen molar-refractivity contribution in [2.45, 2.75) is 24.6 Å². The number of carbonyl (C=O) groups excluding carboxylic acids is 1. The van der Waals surface area contributed by atoms with Gasteiger partial charge in [0, 0.05) is 19.7 Å². The fraction of sp³-hybridized carbons (Fsp3) is 0.417. The first-order valence-corrected chi connectivity index (χ1v) is 11.0.